The zero-order valence-electron chi connectivity index (χ0n) is 14.4. The summed E-state index contributed by atoms with van der Waals surface area (Å²) in [6.07, 6.45) is 3.57. The molecule has 1 aliphatic rings. The highest BCUT2D eigenvalue weighted by Crippen LogP contribution is 2.27. The van der Waals surface area contributed by atoms with Crippen molar-refractivity contribution < 1.29 is 9.53 Å². The van der Waals surface area contributed by atoms with Crippen LogP contribution in [0.2, 0.25) is 0 Å². The van der Waals surface area contributed by atoms with Crippen molar-refractivity contribution in [2.24, 2.45) is 5.92 Å². The Kier molecular flexibility index (Phi) is 11.8. The molecule has 1 aliphatic carbocycles. The van der Waals surface area contributed by atoms with Gasteiger partial charge in [0.2, 0.25) is 5.91 Å². The molecule has 1 fully saturated rings. The number of carbonyl (C=O) groups excluding carboxylic acids is 1. The van der Waals surface area contributed by atoms with Crippen molar-refractivity contribution >= 4 is 36.4 Å². The minimum Gasteiger partial charge on any atom is -0.493 e. The Balaban J connectivity index is 0.00000264. The molecule has 0 saturated heterocycles. The highest BCUT2D eigenvalue weighted by molar-refractivity contribution is 5.92. The number of nitrogens with zero attached hydrogens (tertiary/aromatic N) is 1. The summed E-state index contributed by atoms with van der Waals surface area (Å²) in [7, 11) is 4.10. The first-order valence-corrected chi connectivity index (χ1v) is 8.01. The fraction of sp³-hybridized carbons (Fsp3) is 0.588. The number of amides is 1. The Bertz CT molecular complexity index is 483. The molecule has 0 bridgehead atoms. The summed E-state index contributed by atoms with van der Waals surface area (Å²) in [6.45, 7) is 2.99. The molecule has 2 N–H and O–H groups in total. The fourth-order valence-corrected chi connectivity index (χ4v) is 2.15. The van der Waals surface area contributed by atoms with Gasteiger partial charge >= 0.3 is 0 Å². The van der Waals surface area contributed by atoms with E-state index in [1.807, 2.05) is 38.4 Å². The third kappa shape index (κ3) is 9.98. The molecule has 0 aromatic heterocycles. The molecule has 1 saturated carbocycles. The van der Waals surface area contributed by atoms with E-state index in [0.717, 1.165) is 36.9 Å². The molecule has 0 radical (unpaired) electrons. The molecule has 24 heavy (non-hydrogen) atoms. The van der Waals surface area contributed by atoms with Crippen molar-refractivity contribution in [3.8, 4) is 5.75 Å². The number of benzene rings is 1. The molecule has 1 aromatic rings. The largest absolute Gasteiger partial charge is 0.493 e. The van der Waals surface area contributed by atoms with Gasteiger partial charge in [-0.15, -0.1) is 24.8 Å². The van der Waals surface area contributed by atoms with E-state index in [-0.39, 0.29) is 30.7 Å². The van der Waals surface area contributed by atoms with Gasteiger partial charge in [0.25, 0.3) is 0 Å². The highest BCUT2D eigenvalue weighted by Gasteiger charge is 2.20. The Labute approximate surface area is 157 Å². The van der Waals surface area contributed by atoms with Gasteiger partial charge in [-0.2, -0.15) is 0 Å². The number of nitrogens with one attached hydrogen (secondary N) is 2. The number of carbonyl (C=O) groups is 1. The Morgan fingerprint density at radius 2 is 2.04 bits per heavy atom. The van der Waals surface area contributed by atoms with E-state index in [0.29, 0.717) is 13.2 Å². The van der Waals surface area contributed by atoms with E-state index in [1.54, 1.807) is 0 Å². The summed E-state index contributed by atoms with van der Waals surface area (Å²) in [5.41, 5.74) is 0.781. The lowest BCUT2D eigenvalue weighted by Crippen LogP contribution is -2.29. The fourth-order valence-electron chi connectivity index (χ4n) is 2.15. The van der Waals surface area contributed by atoms with Gasteiger partial charge in [0, 0.05) is 18.3 Å². The first-order chi connectivity index (χ1) is 10.6. The van der Waals surface area contributed by atoms with Crippen LogP contribution in [-0.4, -0.2) is 51.1 Å². The minimum atomic E-state index is -0.00888. The van der Waals surface area contributed by atoms with Gasteiger partial charge < -0.3 is 20.3 Å². The predicted molar refractivity (Wildman–Crippen MR) is 104 cm³/mol. The Morgan fingerprint density at radius 3 is 2.71 bits per heavy atom. The van der Waals surface area contributed by atoms with Gasteiger partial charge in [-0.05, 0) is 58.0 Å². The standard InChI is InChI=1S/C17H27N3O2.2ClH/c1-20(2)9-4-10-22-16-6-3-5-15(11-16)19-17(21)13-18-12-14-7-8-14;;/h3,5-6,11,14,18H,4,7-10,12-13H2,1-2H3,(H,19,21);2*1H. The summed E-state index contributed by atoms with van der Waals surface area (Å²) in [5, 5.41) is 6.08. The molecule has 0 unspecified atom stereocenters. The first-order valence-electron chi connectivity index (χ1n) is 8.01. The van der Waals surface area contributed by atoms with Crippen LogP contribution in [0, 0.1) is 5.92 Å². The van der Waals surface area contributed by atoms with Crippen LogP contribution >= 0.6 is 24.8 Å². The smallest absolute Gasteiger partial charge is 0.238 e. The average molecular weight is 378 g/mol. The van der Waals surface area contributed by atoms with E-state index in [2.05, 4.69) is 15.5 Å². The van der Waals surface area contributed by atoms with Crippen LogP contribution in [0.3, 0.4) is 0 Å². The van der Waals surface area contributed by atoms with E-state index >= 15 is 0 Å². The van der Waals surface area contributed by atoms with Crippen LogP contribution in [0.4, 0.5) is 5.69 Å². The summed E-state index contributed by atoms with van der Waals surface area (Å²) in [6, 6.07) is 7.56. The van der Waals surface area contributed by atoms with Crippen molar-refractivity contribution in [3.63, 3.8) is 0 Å². The summed E-state index contributed by atoms with van der Waals surface area (Å²) >= 11 is 0. The molecule has 2 rings (SSSR count). The van der Waals surface area contributed by atoms with Crippen LogP contribution in [-0.2, 0) is 4.79 Å². The van der Waals surface area contributed by atoms with Gasteiger partial charge in [0.05, 0.1) is 13.2 Å². The topological polar surface area (TPSA) is 53.6 Å². The van der Waals surface area contributed by atoms with Gasteiger partial charge in [0.1, 0.15) is 5.75 Å². The molecular weight excluding hydrogens is 349 g/mol. The number of halogens is 2. The third-order valence-electron chi connectivity index (χ3n) is 3.55. The van der Waals surface area contributed by atoms with Crippen molar-refractivity contribution in [1.82, 2.24) is 10.2 Å². The molecule has 0 atom stereocenters. The van der Waals surface area contributed by atoms with E-state index in [1.165, 1.54) is 12.8 Å². The molecular formula is C17H29Cl2N3O2. The van der Waals surface area contributed by atoms with Crippen LogP contribution in [0.15, 0.2) is 24.3 Å². The van der Waals surface area contributed by atoms with Crippen molar-refractivity contribution in [1.29, 1.82) is 0 Å². The van der Waals surface area contributed by atoms with E-state index < -0.39 is 0 Å². The lowest BCUT2D eigenvalue weighted by molar-refractivity contribution is -0.115. The predicted octanol–water partition coefficient (Wildman–Crippen LogP) is 2.80. The number of ether oxygens (including phenoxy) is 1. The van der Waals surface area contributed by atoms with Crippen molar-refractivity contribution in [2.75, 3.05) is 45.7 Å². The number of rotatable bonds is 10. The van der Waals surface area contributed by atoms with Crippen LogP contribution in [0.1, 0.15) is 19.3 Å². The average Bonchev–Trinajstić information content (AvgIpc) is 3.28. The highest BCUT2D eigenvalue weighted by atomic mass is 35.5. The van der Waals surface area contributed by atoms with Crippen LogP contribution < -0.4 is 15.4 Å². The second-order valence-electron chi connectivity index (χ2n) is 6.16. The quantitative estimate of drug-likeness (QED) is 0.615. The Hall–Kier alpha value is -1.01. The third-order valence-corrected chi connectivity index (χ3v) is 3.55. The molecule has 0 aliphatic heterocycles. The normalized spacial score (nSPS) is 13.0. The SMILES string of the molecule is CN(C)CCCOc1cccc(NC(=O)CNCC2CC2)c1.Cl.Cl. The maximum Gasteiger partial charge on any atom is 0.238 e. The lowest BCUT2D eigenvalue weighted by Gasteiger charge is -2.11. The van der Waals surface area contributed by atoms with Gasteiger partial charge in [-0.3, -0.25) is 4.79 Å². The molecule has 7 heteroatoms. The molecule has 138 valence electrons. The van der Waals surface area contributed by atoms with E-state index in [9.17, 15) is 4.79 Å². The number of hydrogen-bond donors (Lipinski definition) is 2. The van der Waals surface area contributed by atoms with Crippen molar-refractivity contribution in [3.05, 3.63) is 24.3 Å². The summed E-state index contributed by atoms with van der Waals surface area (Å²) in [4.78, 5) is 14.0. The lowest BCUT2D eigenvalue weighted by atomic mass is 10.3. The van der Waals surface area contributed by atoms with Gasteiger partial charge in [-0.25, -0.2) is 0 Å². The maximum absolute atomic E-state index is 11.8. The molecule has 1 amide bonds. The van der Waals surface area contributed by atoms with Gasteiger partial charge in [-0.1, -0.05) is 6.07 Å². The monoisotopic (exact) mass is 377 g/mol. The van der Waals surface area contributed by atoms with E-state index in [4.69, 9.17) is 4.74 Å². The number of anilines is 1. The second kappa shape index (κ2) is 12.4. The zero-order chi connectivity index (χ0) is 15.8. The van der Waals surface area contributed by atoms with Crippen LogP contribution in [0.5, 0.6) is 5.75 Å². The zero-order valence-corrected chi connectivity index (χ0v) is 16.0. The van der Waals surface area contributed by atoms with Crippen LogP contribution in [0.25, 0.3) is 0 Å². The van der Waals surface area contributed by atoms with Gasteiger partial charge in [0.15, 0.2) is 0 Å². The summed E-state index contributed by atoms with van der Waals surface area (Å²) in [5.74, 6) is 1.57. The molecule has 0 heterocycles. The van der Waals surface area contributed by atoms with Crippen molar-refractivity contribution in [2.45, 2.75) is 19.3 Å². The first kappa shape index (κ1) is 23.0. The summed E-state index contributed by atoms with van der Waals surface area (Å²) < 4.78 is 5.71. The molecule has 1 aromatic carbocycles. The minimum absolute atomic E-state index is 0. The maximum atomic E-state index is 11.8. The number of hydrogen-bond acceptors (Lipinski definition) is 4. The molecule has 0 spiro atoms. The Morgan fingerprint density at radius 1 is 1.29 bits per heavy atom. The molecule has 5 nitrogen and oxygen atoms in total. The second-order valence-corrected chi connectivity index (χ2v) is 6.16.